The van der Waals surface area contributed by atoms with E-state index in [-0.39, 0.29) is 87.3 Å². The number of nitrogens with zero attached hydrogens (tertiary/aromatic N) is 1. The van der Waals surface area contributed by atoms with Crippen molar-refractivity contribution in [1.82, 2.24) is 21.3 Å². The maximum Gasteiger partial charge on any atom is 0.470 e. The van der Waals surface area contributed by atoms with E-state index < -0.39 is 217 Å². The molecule has 0 aromatic rings. The minimum Gasteiger partial charge on any atom is -0.756 e. The molecule has 0 aliphatic rings. The topological polar surface area (TPSA) is 859 Å². The van der Waals surface area contributed by atoms with Gasteiger partial charge in [0.25, 0.3) is 86.0 Å². The van der Waals surface area contributed by atoms with E-state index in [9.17, 15) is 114 Å². The molecule has 0 saturated carbocycles. The number of aliphatic hydroxyl groups excluding tert-OH is 1. The Bertz CT molecular complexity index is 2910. The van der Waals surface area contributed by atoms with E-state index in [0.29, 0.717) is 4.48 Å². The van der Waals surface area contributed by atoms with Crippen molar-refractivity contribution in [1.29, 1.82) is 0 Å². The fourth-order valence-corrected chi connectivity index (χ4v) is 13.6. The normalized spacial score (nSPS) is 19.4. The molecule has 0 heterocycles. The Balaban J connectivity index is -0.000000542. The van der Waals surface area contributed by atoms with Crippen molar-refractivity contribution in [2.75, 3.05) is 222 Å². The second-order valence-corrected chi connectivity index (χ2v) is 36.5. The van der Waals surface area contributed by atoms with Crippen LogP contribution in [-0.2, 0) is 169 Å². The van der Waals surface area contributed by atoms with Crippen LogP contribution in [0.2, 0.25) is 0 Å². The summed E-state index contributed by atoms with van der Waals surface area (Å²) in [7, 11) is -47.8. The van der Waals surface area contributed by atoms with Gasteiger partial charge in [-0.25, -0.2) is 4.57 Å². The van der Waals surface area contributed by atoms with Gasteiger partial charge in [-0.2, -0.15) is 0 Å². The smallest absolute Gasteiger partial charge is 0.470 e. The molecule has 0 aliphatic carbocycles. The Kier molecular flexibility index (Phi) is 69.0. The van der Waals surface area contributed by atoms with Gasteiger partial charge in [-0.05, 0) is 49.0 Å². The van der Waals surface area contributed by atoms with Crippen molar-refractivity contribution in [2.45, 2.75) is 58.7 Å². The van der Waals surface area contributed by atoms with E-state index >= 15 is 0 Å². The van der Waals surface area contributed by atoms with Crippen LogP contribution in [0.15, 0.2) is 0 Å². The molecule has 59 nitrogen and oxygen atoms in total. The fraction of sp³-hybridized carbons (Fsp3) is 1.00. The van der Waals surface area contributed by atoms with Crippen LogP contribution < -0.4 is 75.1 Å². The van der Waals surface area contributed by atoms with Gasteiger partial charge in [0.2, 0.25) is 0 Å². The Hall–Kier alpha value is 0.880. The molecule has 113 heavy (non-hydrogen) atoms. The predicted molar refractivity (Wildman–Crippen MR) is 355 cm³/mol. The number of phosphoric ester groups is 12. The molecule has 10 N–H and O–H groups in total. The fourth-order valence-electron chi connectivity index (χ4n) is 5.78. The third kappa shape index (κ3) is 86.2. The van der Waals surface area contributed by atoms with Crippen molar-refractivity contribution in [2.24, 2.45) is 0 Å². The minimum absolute atomic E-state index is 0. The summed E-state index contributed by atoms with van der Waals surface area (Å²) in [6.45, 7) is -8.65. The first-order chi connectivity index (χ1) is 51.2. The first-order valence-electron chi connectivity index (χ1n) is 30.8. The number of quaternary nitrogens is 1. The standard InChI is InChI=1S/C20H50N2O27P6.3C7H19NO9P2.CH4/c1-21-17-37-15-20(48-50(24,25)26)16-47-54(33,34)45-10-9-43-52(29,30)41-6-5-39-51(27,28)40-7-8-42-53(31,32)44-11-12-46-55(35,36)49-19(13-23)14-38-18-22(2,3)4;3*1-3-15-19(12,13)16-5-7(4-14-6-8-2)17-18(9,10)11;/h19-21,23H,5-18H2,1-4H3,(H6-,24,25,26,27,28,29,30,31,32,33,34,35,36);3*7-8H,3-6H2,1-2H3,(H,12,13)(H2,9,10,11);1H4/p-10. The molecule has 16 atom stereocenters. The summed E-state index contributed by atoms with van der Waals surface area (Å²) in [6.07, 6.45) is -6.81. The van der Waals surface area contributed by atoms with E-state index in [1.807, 2.05) is 0 Å². The van der Waals surface area contributed by atoms with E-state index in [4.69, 9.17) is 48.2 Å². The molecular formula is C42H101N5O54P12-10. The van der Waals surface area contributed by atoms with E-state index in [0.717, 1.165) is 0 Å². The van der Waals surface area contributed by atoms with Crippen LogP contribution in [0.4, 0.5) is 0 Å². The third-order valence-corrected chi connectivity index (χ3v) is 19.9. The highest BCUT2D eigenvalue weighted by Crippen LogP contribution is 2.47. The molecule has 71 heteroatoms. The predicted octanol–water partition coefficient (Wildman–Crippen LogP) is -7.52. The quantitative estimate of drug-likeness (QED) is 0.0117. The Morgan fingerprint density at radius 1 is 0.292 bits per heavy atom. The van der Waals surface area contributed by atoms with Crippen LogP contribution in [-0.4, -0.2) is 286 Å². The van der Waals surface area contributed by atoms with Crippen LogP contribution in [0.1, 0.15) is 28.2 Å². The summed E-state index contributed by atoms with van der Waals surface area (Å²) in [5.41, 5.74) is 0. The third-order valence-electron chi connectivity index (χ3n) is 9.46. The Morgan fingerprint density at radius 3 is 0.690 bits per heavy atom. The number of hydrogen-bond acceptors (Lipinski definition) is 53. The average molecular weight is 1910 g/mol. The van der Waals surface area contributed by atoms with Gasteiger partial charge in [0.05, 0.1) is 187 Å². The van der Waals surface area contributed by atoms with Gasteiger partial charge in [-0.1, -0.05) is 7.43 Å². The molecule has 16 unspecified atom stereocenters. The van der Waals surface area contributed by atoms with Gasteiger partial charge < -0.3 is 198 Å². The first-order valence-corrected chi connectivity index (χ1v) is 48.5. The van der Waals surface area contributed by atoms with Gasteiger partial charge in [0.1, 0.15) is 30.5 Å². The lowest BCUT2D eigenvalue weighted by Gasteiger charge is -2.29. The van der Waals surface area contributed by atoms with Crippen molar-refractivity contribution >= 4 is 93.9 Å². The van der Waals surface area contributed by atoms with Crippen LogP contribution >= 0.6 is 93.9 Å². The molecule has 0 spiro atoms. The van der Waals surface area contributed by atoms with Crippen LogP contribution in [0.3, 0.4) is 0 Å². The SMILES string of the molecule is C.CCOP(=O)([O-])OCC(COCNC)OP(=O)(O)O.CCOP(=O)([O-])OCC(COCNC)OP(=O)([O-])O.CCOP(=O)([O-])OCC(COCNC)OP(=O)([O-])O.CNCOCC(COP(=O)([O-])OCCOP(=O)([O-])OCCOP(=O)([O-])OCCOP(=O)([O-])OCCOP(=O)([O-])OC(CO)COC[N+](C)(C)C)OP(=O)([O-])O. The number of rotatable bonds is 69. The maximum atomic E-state index is 11.9. The van der Waals surface area contributed by atoms with Crippen LogP contribution in [0.25, 0.3) is 0 Å². The summed E-state index contributed by atoms with van der Waals surface area (Å²) in [4.78, 5) is 168. The second kappa shape index (κ2) is 63.7. The number of phosphoric acid groups is 12. The molecule has 0 aliphatic heterocycles. The minimum atomic E-state index is -5.31. The van der Waals surface area contributed by atoms with Crippen LogP contribution in [0.5, 0.6) is 0 Å². The molecule has 0 fully saturated rings. The molecule has 0 bridgehead atoms. The number of ether oxygens (including phenoxy) is 5. The molecule has 0 aromatic carbocycles. The first kappa shape index (κ1) is 122. The highest BCUT2D eigenvalue weighted by molar-refractivity contribution is 7.48. The summed E-state index contributed by atoms with van der Waals surface area (Å²) in [5, 5.41) is 19.6. The summed E-state index contributed by atoms with van der Waals surface area (Å²) < 4.78 is 247. The number of hydrogen-bond donors (Lipinski definition) is 10. The van der Waals surface area contributed by atoms with Crippen molar-refractivity contribution in [3.05, 3.63) is 0 Å². The van der Waals surface area contributed by atoms with Gasteiger partial charge in [-0.15, -0.1) is 0 Å². The van der Waals surface area contributed by atoms with E-state index in [2.05, 4.69) is 112 Å². The largest absolute Gasteiger partial charge is 0.756 e. The highest BCUT2D eigenvalue weighted by atomic mass is 31.2. The molecule has 0 aromatic heterocycles. The van der Waals surface area contributed by atoms with Gasteiger partial charge in [-0.3, -0.25) is 76.0 Å². The zero-order valence-corrected chi connectivity index (χ0v) is 72.1. The second-order valence-electron chi connectivity index (χ2n) is 20.7. The van der Waals surface area contributed by atoms with Crippen molar-refractivity contribution in [3.8, 4) is 0 Å². The van der Waals surface area contributed by atoms with E-state index in [1.54, 1.807) is 42.3 Å². The lowest BCUT2D eigenvalue weighted by atomic mass is 10.4. The lowest BCUT2D eigenvalue weighted by molar-refractivity contribution is -0.890. The molecule has 0 radical (unpaired) electrons. The molecule has 0 saturated heterocycles. The molecule has 0 amide bonds. The highest BCUT2D eigenvalue weighted by Gasteiger charge is 2.27. The van der Waals surface area contributed by atoms with Crippen molar-refractivity contribution in [3.63, 3.8) is 0 Å². The van der Waals surface area contributed by atoms with Crippen LogP contribution in [0, 0.1) is 0 Å². The van der Waals surface area contributed by atoms with Gasteiger partial charge >= 0.3 is 7.82 Å². The monoisotopic (exact) mass is 1910 g/mol. The number of aliphatic hydroxyl groups is 1. The van der Waals surface area contributed by atoms with E-state index in [1.165, 1.54) is 27.8 Å². The van der Waals surface area contributed by atoms with Crippen molar-refractivity contribution < 1.29 is 257 Å². The molecule has 688 valence electrons. The zero-order chi connectivity index (χ0) is 87.3. The summed E-state index contributed by atoms with van der Waals surface area (Å²) >= 11 is 0. The number of nitrogens with one attached hydrogen (secondary N) is 4. The Labute approximate surface area is 650 Å². The summed E-state index contributed by atoms with van der Waals surface area (Å²) in [5.74, 6) is 0. The average Bonchev–Trinajstić information content (AvgIpc) is 0.909. The molecule has 0 rings (SSSR count). The van der Waals surface area contributed by atoms with Gasteiger partial charge in [0, 0.05) is 0 Å². The van der Waals surface area contributed by atoms with Gasteiger partial charge in [0.15, 0.2) is 6.73 Å². The molecular weight excluding hydrogens is 1810 g/mol. The lowest BCUT2D eigenvalue weighted by Crippen LogP contribution is -2.38. The Morgan fingerprint density at radius 2 is 0.496 bits per heavy atom. The maximum absolute atomic E-state index is 11.9. The summed E-state index contributed by atoms with van der Waals surface area (Å²) in [6, 6.07) is 0. The zero-order valence-electron chi connectivity index (χ0n) is 61.4.